The minimum Gasteiger partial charge on any atom is -0.339 e. The molecule has 6 nitrogen and oxygen atoms in total. The summed E-state index contributed by atoms with van der Waals surface area (Å²) in [6.07, 6.45) is 5.82. The van der Waals surface area contributed by atoms with Crippen molar-refractivity contribution in [1.82, 2.24) is 14.7 Å². The van der Waals surface area contributed by atoms with Crippen molar-refractivity contribution in [3.63, 3.8) is 0 Å². The van der Waals surface area contributed by atoms with Crippen molar-refractivity contribution in [1.29, 1.82) is 0 Å². The molecule has 3 fully saturated rings. The average Bonchev–Trinajstić information content (AvgIpc) is 3.42. The molecule has 1 atom stereocenters. The van der Waals surface area contributed by atoms with Crippen LogP contribution in [0.3, 0.4) is 0 Å². The number of carbonyl (C=O) groups excluding carboxylic acids is 3. The van der Waals surface area contributed by atoms with Crippen molar-refractivity contribution in [2.45, 2.75) is 51.5 Å². The topological polar surface area (TPSA) is 60.9 Å². The second-order valence-electron chi connectivity index (χ2n) is 8.55. The molecule has 2 aliphatic heterocycles. The number of likely N-dealkylation sites (tertiary alicyclic amines) is 1. The van der Waals surface area contributed by atoms with Crippen molar-refractivity contribution >= 4 is 17.7 Å². The SMILES string of the molecule is CCc1ccc(C(=O)N2CCN(C(=O)C3CC(=O)N(C4CCCC4)C3)CC2)cc1. The summed E-state index contributed by atoms with van der Waals surface area (Å²) in [5, 5.41) is 0. The third-order valence-corrected chi connectivity index (χ3v) is 6.76. The lowest BCUT2D eigenvalue weighted by Gasteiger charge is -2.36. The molecular formula is C23H31N3O3. The van der Waals surface area contributed by atoms with Crippen LogP contribution in [-0.4, -0.2) is 71.2 Å². The molecule has 1 aromatic carbocycles. The third-order valence-electron chi connectivity index (χ3n) is 6.76. The van der Waals surface area contributed by atoms with E-state index in [1.165, 1.54) is 18.4 Å². The van der Waals surface area contributed by atoms with Crippen LogP contribution in [0, 0.1) is 5.92 Å². The second kappa shape index (κ2) is 8.56. The third kappa shape index (κ3) is 4.16. The van der Waals surface area contributed by atoms with Gasteiger partial charge in [-0.15, -0.1) is 0 Å². The van der Waals surface area contributed by atoms with Crippen LogP contribution in [0.15, 0.2) is 24.3 Å². The fourth-order valence-electron chi connectivity index (χ4n) is 4.92. The first kappa shape index (κ1) is 19.9. The molecule has 0 radical (unpaired) electrons. The molecule has 29 heavy (non-hydrogen) atoms. The highest BCUT2D eigenvalue weighted by Crippen LogP contribution is 2.30. The Labute approximate surface area is 172 Å². The molecule has 2 heterocycles. The summed E-state index contributed by atoms with van der Waals surface area (Å²) in [5.74, 6) is 0.0352. The second-order valence-corrected chi connectivity index (χ2v) is 8.55. The highest BCUT2D eigenvalue weighted by molar-refractivity contribution is 5.94. The van der Waals surface area contributed by atoms with E-state index in [1.807, 2.05) is 39.0 Å². The van der Waals surface area contributed by atoms with Crippen molar-refractivity contribution in [3.05, 3.63) is 35.4 Å². The Morgan fingerprint density at radius 2 is 1.59 bits per heavy atom. The van der Waals surface area contributed by atoms with Gasteiger partial charge in [-0.1, -0.05) is 31.9 Å². The minimum atomic E-state index is -0.216. The van der Waals surface area contributed by atoms with Gasteiger partial charge in [-0.3, -0.25) is 14.4 Å². The van der Waals surface area contributed by atoms with Gasteiger partial charge in [0.15, 0.2) is 0 Å². The number of hydrogen-bond acceptors (Lipinski definition) is 3. The standard InChI is InChI=1S/C23H31N3O3/c1-2-17-7-9-18(10-8-17)22(28)24-11-13-25(14-12-24)23(29)19-15-21(27)26(16-19)20-5-3-4-6-20/h7-10,19-20H,2-6,11-16H2,1H3. The van der Waals surface area contributed by atoms with Crippen LogP contribution in [-0.2, 0) is 16.0 Å². The van der Waals surface area contributed by atoms with E-state index in [0.29, 0.717) is 50.7 Å². The Morgan fingerprint density at radius 3 is 2.21 bits per heavy atom. The summed E-state index contributed by atoms with van der Waals surface area (Å²) in [6.45, 7) is 4.86. The van der Waals surface area contributed by atoms with Gasteiger partial charge in [-0.25, -0.2) is 0 Å². The lowest BCUT2D eigenvalue weighted by atomic mass is 10.1. The fraction of sp³-hybridized carbons (Fsp3) is 0.609. The Morgan fingerprint density at radius 1 is 0.966 bits per heavy atom. The van der Waals surface area contributed by atoms with Gasteiger partial charge < -0.3 is 14.7 Å². The van der Waals surface area contributed by atoms with Gasteiger partial charge in [-0.05, 0) is 37.0 Å². The Kier molecular flexibility index (Phi) is 5.88. The van der Waals surface area contributed by atoms with Gasteiger partial charge in [0.2, 0.25) is 11.8 Å². The predicted octanol–water partition coefficient (Wildman–Crippen LogP) is 2.32. The monoisotopic (exact) mass is 397 g/mol. The van der Waals surface area contributed by atoms with Crippen molar-refractivity contribution in [2.24, 2.45) is 5.92 Å². The molecule has 0 bridgehead atoms. The molecule has 156 valence electrons. The first-order valence-corrected chi connectivity index (χ1v) is 11.0. The molecule has 0 N–H and O–H groups in total. The summed E-state index contributed by atoms with van der Waals surface area (Å²) >= 11 is 0. The maximum atomic E-state index is 13.0. The molecule has 4 rings (SSSR count). The van der Waals surface area contributed by atoms with Crippen LogP contribution in [0.5, 0.6) is 0 Å². The lowest BCUT2D eigenvalue weighted by Crippen LogP contribution is -2.52. The Bertz CT molecular complexity index is 762. The fourth-order valence-corrected chi connectivity index (χ4v) is 4.92. The van der Waals surface area contributed by atoms with Crippen molar-refractivity contribution in [3.8, 4) is 0 Å². The molecule has 3 amide bonds. The van der Waals surface area contributed by atoms with Crippen LogP contribution >= 0.6 is 0 Å². The summed E-state index contributed by atoms with van der Waals surface area (Å²) < 4.78 is 0. The molecule has 1 saturated carbocycles. The van der Waals surface area contributed by atoms with Crippen LogP contribution in [0.25, 0.3) is 0 Å². The molecular weight excluding hydrogens is 366 g/mol. The van der Waals surface area contributed by atoms with E-state index in [2.05, 4.69) is 6.92 Å². The number of amides is 3. The molecule has 1 aliphatic carbocycles. The van der Waals surface area contributed by atoms with Gasteiger partial charge >= 0.3 is 0 Å². The number of aryl methyl sites for hydroxylation is 1. The Balaban J connectivity index is 1.30. The van der Waals surface area contributed by atoms with E-state index in [1.54, 1.807) is 0 Å². The highest BCUT2D eigenvalue weighted by atomic mass is 16.2. The summed E-state index contributed by atoms with van der Waals surface area (Å²) in [6, 6.07) is 8.12. The zero-order valence-electron chi connectivity index (χ0n) is 17.3. The molecule has 0 aromatic heterocycles. The van der Waals surface area contributed by atoms with Gasteiger partial charge in [0.1, 0.15) is 0 Å². The van der Waals surface area contributed by atoms with Crippen LogP contribution in [0.4, 0.5) is 0 Å². The summed E-state index contributed by atoms with van der Waals surface area (Å²) in [4.78, 5) is 43.7. The van der Waals surface area contributed by atoms with Gasteiger partial charge in [0.25, 0.3) is 5.91 Å². The summed E-state index contributed by atoms with van der Waals surface area (Å²) in [5.41, 5.74) is 1.92. The minimum absolute atomic E-state index is 0.0307. The predicted molar refractivity (Wildman–Crippen MR) is 110 cm³/mol. The van der Waals surface area contributed by atoms with Crippen molar-refractivity contribution < 1.29 is 14.4 Å². The maximum Gasteiger partial charge on any atom is 0.253 e. The molecule has 1 unspecified atom stereocenters. The van der Waals surface area contributed by atoms with E-state index in [9.17, 15) is 14.4 Å². The highest BCUT2D eigenvalue weighted by Gasteiger charge is 2.40. The molecule has 1 aromatic rings. The number of carbonyl (C=O) groups is 3. The molecule has 2 saturated heterocycles. The van der Waals surface area contributed by atoms with E-state index in [4.69, 9.17) is 0 Å². The smallest absolute Gasteiger partial charge is 0.253 e. The Hall–Kier alpha value is -2.37. The van der Waals surface area contributed by atoms with Gasteiger partial charge in [-0.2, -0.15) is 0 Å². The van der Waals surface area contributed by atoms with Crippen LogP contribution < -0.4 is 0 Å². The number of nitrogens with zero attached hydrogens (tertiary/aromatic N) is 3. The van der Waals surface area contributed by atoms with E-state index < -0.39 is 0 Å². The van der Waals surface area contributed by atoms with E-state index in [-0.39, 0.29) is 23.6 Å². The van der Waals surface area contributed by atoms with Crippen LogP contribution in [0.2, 0.25) is 0 Å². The summed E-state index contributed by atoms with van der Waals surface area (Å²) in [7, 11) is 0. The van der Waals surface area contributed by atoms with E-state index in [0.717, 1.165) is 19.3 Å². The molecule has 0 spiro atoms. The number of rotatable bonds is 4. The van der Waals surface area contributed by atoms with Crippen LogP contribution in [0.1, 0.15) is 54.9 Å². The normalized spacial score (nSPS) is 23.1. The quantitative estimate of drug-likeness (QED) is 0.783. The molecule has 3 aliphatic rings. The first-order chi connectivity index (χ1) is 14.1. The van der Waals surface area contributed by atoms with Crippen molar-refractivity contribution in [2.75, 3.05) is 32.7 Å². The number of benzene rings is 1. The van der Waals surface area contributed by atoms with Gasteiger partial charge in [0.05, 0.1) is 5.92 Å². The number of piperazine rings is 1. The zero-order valence-corrected chi connectivity index (χ0v) is 17.3. The first-order valence-electron chi connectivity index (χ1n) is 11.0. The maximum absolute atomic E-state index is 13.0. The average molecular weight is 398 g/mol. The lowest BCUT2D eigenvalue weighted by molar-refractivity contribution is -0.137. The van der Waals surface area contributed by atoms with Gasteiger partial charge in [0, 0.05) is 50.7 Å². The van der Waals surface area contributed by atoms with E-state index >= 15 is 0 Å². The molecule has 6 heteroatoms. The number of hydrogen-bond donors (Lipinski definition) is 0. The largest absolute Gasteiger partial charge is 0.339 e. The zero-order chi connectivity index (χ0) is 20.4.